The molecule has 2 rings (SSSR count). The standard InChI is InChI=1S/C14H10Cl2N2O2/c1-8(19)9-2-4-11(5-3-9)18-14(20)10-6-12(15)13(16)17-7-10/h2-7H,1H3,(H,18,20). The Morgan fingerprint density at radius 3 is 2.30 bits per heavy atom. The Morgan fingerprint density at radius 2 is 1.75 bits per heavy atom. The molecule has 1 aromatic heterocycles. The minimum Gasteiger partial charge on any atom is -0.322 e. The highest BCUT2D eigenvalue weighted by Crippen LogP contribution is 2.20. The zero-order valence-corrected chi connectivity index (χ0v) is 12.0. The zero-order valence-electron chi connectivity index (χ0n) is 10.5. The third-order valence-electron chi connectivity index (χ3n) is 2.61. The van der Waals surface area contributed by atoms with Crippen molar-refractivity contribution in [2.24, 2.45) is 0 Å². The first-order valence-corrected chi connectivity index (χ1v) is 6.46. The predicted octanol–water partition coefficient (Wildman–Crippen LogP) is 3.84. The molecule has 0 saturated carbocycles. The third-order valence-corrected chi connectivity index (χ3v) is 3.29. The highest BCUT2D eigenvalue weighted by Gasteiger charge is 2.09. The summed E-state index contributed by atoms with van der Waals surface area (Å²) >= 11 is 11.5. The predicted molar refractivity (Wildman–Crippen MR) is 78.7 cm³/mol. The number of nitrogens with one attached hydrogen (secondary N) is 1. The van der Waals surface area contributed by atoms with Crippen molar-refractivity contribution < 1.29 is 9.59 Å². The van der Waals surface area contributed by atoms with Gasteiger partial charge in [0.25, 0.3) is 5.91 Å². The molecular formula is C14H10Cl2N2O2. The fraction of sp³-hybridized carbons (Fsp3) is 0.0714. The molecule has 0 unspecified atom stereocenters. The van der Waals surface area contributed by atoms with E-state index >= 15 is 0 Å². The molecule has 2 aromatic rings. The van der Waals surface area contributed by atoms with Crippen LogP contribution >= 0.6 is 23.2 Å². The van der Waals surface area contributed by atoms with Gasteiger partial charge in [-0.15, -0.1) is 0 Å². The Morgan fingerprint density at radius 1 is 1.10 bits per heavy atom. The first kappa shape index (κ1) is 14.5. The summed E-state index contributed by atoms with van der Waals surface area (Å²) in [4.78, 5) is 26.9. The lowest BCUT2D eigenvalue weighted by Crippen LogP contribution is -2.12. The summed E-state index contributed by atoms with van der Waals surface area (Å²) in [6, 6.07) is 8.03. The maximum absolute atomic E-state index is 12.0. The molecule has 0 aliphatic carbocycles. The van der Waals surface area contributed by atoms with E-state index < -0.39 is 0 Å². The van der Waals surface area contributed by atoms with E-state index in [0.29, 0.717) is 16.8 Å². The van der Waals surface area contributed by atoms with Gasteiger partial charge in [0.2, 0.25) is 0 Å². The molecule has 0 saturated heterocycles. The molecular weight excluding hydrogens is 299 g/mol. The van der Waals surface area contributed by atoms with E-state index in [1.165, 1.54) is 19.2 Å². The Balaban J connectivity index is 2.14. The summed E-state index contributed by atoms with van der Waals surface area (Å²) in [7, 11) is 0. The summed E-state index contributed by atoms with van der Waals surface area (Å²) in [6.07, 6.45) is 1.34. The number of halogens is 2. The number of hydrogen-bond donors (Lipinski definition) is 1. The second-order valence-electron chi connectivity index (χ2n) is 4.08. The lowest BCUT2D eigenvalue weighted by atomic mass is 10.1. The van der Waals surface area contributed by atoms with Gasteiger partial charge in [0.15, 0.2) is 5.78 Å². The fourth-order valence-corrected chi connectivity index (χ4v) is 1.81. The van der Waals surface area contributed by atoms with E-state index in [1.54, 1.807) is 24.3 Å². The van der Waals surface area contributed by atoms with Gasteiger partial charge in [-0.25, -0.2) is 4.98 Å². The molecule has 1 amide bonds. The Hall–Kier alpha value is -1.91. The number of carbonyl (C=O) groups is 2. The SMILES string of the molecule is CC(=O)c1ccc(NC(=O)c2cnc(Cl)c(Cl)c2)cc1. The number of benzene rings is 1. The summed E-state index contributed by atoms with van der Waals surface area (Å²) in [5.74, 6) is -0.386. The number of ketones is 1. The number of nitrogens with zero attached hydrogens (tertiary/aromatic N) is 1. The van der Waals surface area contributed by atoms with Crippen LogP contribution in [0.25, 0.3) is 0 Å². The average Bonchev–Trinajstić information content (AvgIpc) is 2.42. The highest BCUT2D eigenvalue weighted by atomic mass is 35.5. The van der Waals surface area contributed by atoms with Crippen LogP contribution in [0.15, 0.2) is 36.5 Å². The normalized spacial score (nSPS) is 10.2. The maximum Gasteiger partial charge on any atom is 0.257 e. The van der Waals surface area contributed by atoms with Gasteiger partial charge in [-0.3, -0.25) is 9.59 Å². The van der Waals surface area contributed by atoms with Gasteiger partial charge in [0.1, 0.15) is 5.15 Å². The van der Waals surface area contributed by atoms with Crippen LogP contribution in [0.3, 0.4) is 0 Å². The number of aromatic nitrogens is 1. The Kier molecular flexibility index (Phi) is 4.37. The van der Waals surface area contributed by atoms with Crippen LogP contribution in [0.4, 0.5) is 5.69 Å². The molecule has 0 atom stereocenters. The summed E-state index contributed by atoms with van der Waals surface area (Å²) in [6.45, 7) is 1.48. The Labute approximate surface area is 125 Å². The van der Waals surface area contributed by atoms with Crippen LogP contribution in [0.5, 0.6) is 0 Å². The smallest absolute Gasteiger partial charge is 0.257 e. The first-order chi connectivity index (χ1) is 9.47. The van der Waals surface area contributed by atoms with Crippen molar-refractivity contribution in [3.8, 4) is 0 Å². The number of amides is 1. The maximum atomic E-state index is 12.0. The molecule has 4 nitrogen and oxygen atoms in total. The molecule has 0 bridgehead atoms. The lowest BCUT2D eigenvalue weighted by Gasteiger charge is -2.06. The van der Waals surface area contributed by atoms with E-state index in [2.05, 4.69) is 10.3 Å². The number of anilines is 1. The molecule has 6 heteroatoms. The molecule has 0 aliphatic heterocycles. The number of Topliss-reactive ketones (excluding diaryl/α,β-unsaturated/α-hetero) is 1. The quantitative estimate of drug-likeness (QED) is 0.692. The van der Waals surface area contributed by atoms with Crippen LogP contribution < -0.4 is 5.32 Å². The number of carbonyl (C=O) groups excluding carboxylic acids is 2. The van der Waals surface area contributed by atoms with E-state index in [0.717, 1.165) is 0 Å². The largest absolute Gasteiger partial charge is 0.322 e. The van der Waals surface area contributed by atoms with Gasteiger partial charge >= 0.3 is 0 Å². The van der Waals surface area contributed by atoms with Crippen LogP contribution in [-0.2, 0) is 0 Å². The zero-order chi connectivity index (χ0) is 14.7. The molecule has 1 N–H and O–H groups in total. The van der Waals surface area contributed by atoms with E-state index in [4.69, 9.17) is 23.2 Å². The fourth-order valence-electron chi connectivity index (χ4n) is 1.54. The molecule has 102 valence electrons. The van der Waals surface area contributed by atoms with Gasteiger partial charge in [0.05, 0.1) is 10.6 Å². The van der Waals surface area contributed by atoms with Crippen molar-refractivity contribution in [3.05, 3.63) is 57.8 Å². The summed E-state index contributed by atoms with van der Waals surface area (Å²) < 4.78 is 0. The molecule has 0 aliphatic rings. The van der Waals surface area contributed by atoms with Gasteiger partial charge in [-0.05, 0) is 37.3 Å². The number of hydrogen-bond acceptors (Lipinski definition) is 3. The topological polar surface area (TPSA) is 59.1 Å². The van der Waals surface area contributed by atoms with Crippen LogP contribution in [0.2, 0.25) is 10.2 Å². The van der Waals surface area contributed by atoms with Crippen LogP contribution in [-0.4, -0.2) is 16.7 Å². The molecule has 0 spiro atoms. The molecule has 1 heterocycles. The van der Waals surface area contributed by atoms with Crippen molar-refractivity contribution in [2.45, 2.75) is 6.92 Å². The van der Waals surface area contributed by atoms with E-state index in [9.17, 15) is 9.59 Å². The van der Waals surface area contributed by atoms with Gasteiger partial charge < -0.3 is 5.32 Å². The second-order valence-corrected chi connectivity index (χ2v) is 4.85. The van der Waals surface area contributed by atoms with Crippen molar-refractivity contribution in [2.75, 3.05) is 5.32 Å². The molecule has 20 heavy (non-hydrogen) atoms. The molecule has 1 aromatic carbocycles. The monoisotopic (exact) mass is 308 g/mol. The van der Waals surface area contributed by atoms with Crippen molar-refractivity contribution >= 4 is 40.6 Å². The first-order valence-electron chi connectivity index (χ1n) is 5.71. The average molecular weight is 309 g/mol. The van der Waals surface area contributed by atoms with E-state index in [-0.39, 0.29) is 21.9 Å². The van der Waals surface area contributed by atoms with E-state index in [1.807, 2.05) is 0 Å². The number of rotatable bonds is 3. The van der Waals surface area contributed by atoms with Crippen molar-refractivity contribution in [3.63, 3.8) is 0 Å². The van der Waals surface area contributed by atoms with Crippen LogP contribution in [0.1, 0.15) is 27.6 Å². The van der Waals surface area contributed by atoms with Crippen LogP contribution in [0, 0.1) is 0 Å². The molecule has 0 fully saturated rings. The summed E-state index contributed by atoms with van der Waals surface area (Å²) in [5, 5.41) is 3.04. The highest BCUT2D eigenvalue weighted by molar-refractivity contribution is 6.41. The minimum atomic E-state index is -0.355. The Bertz CT molecular complexity index is 669. The third kappa shape index (κ3) is 3.35. The van der Waals surface area contributed by atoms with Gasteiger partial charge in [-0.2, -0.15) is 0 Å². The van der Waals surface area contributed by atoms with Crippen molar-refractivity contribution in [1.29, 1.82) is 0 Å². The number of pyridine rings is 1. The van der Waals surface area contributed by atoms with Crippen molar-refractivity contribution in [1.82, 2.24) is 4.98 Å². The minimum absolute atomic E-state index is 0.0310. The lowest BCUT2D eigenvalue weighted by molar-refractivity contribution is 0.101. The van der Waals surface area contributed by atoms with Gasteiger partial charge in [0, 0.05) is 17.4 Å². The molecule has 0 radical (unpaired) electrons. The summed E-state index contributed by atoms with van der Waals surface area (Å²) in [5.41, 5.74) is 1.46. The second kappa shape index (κ2) is 6.03. The van der Waals surface area contributed by atoms with Gasteiger partial charge in [-0.1, -0.05) is 23.2 Å².